The molecule has 3 nitrogen and oxygen atoms in total. The fourth-order valence-corrected chi connectivity index (χ4v) is 5.47. The van der Waals surface area contributed by atoms with Crippen molar-refractivity contribution in [3.05, 3.63) is 87.5 Å². The number of aryl methyl sites for hydroxylation is 1. The maximum atomic E-state index is 15.4. The smallest absolute Gasteiger partial charge is 0.429 e. The molecule has 9 heteroatoms. The lowest BCUT2D eigenvalue weighted by atomic mass is 9.87. The van der Waals surface area contributed by atoms with Crippen molar-refractivity contribution in [2.45, 2.75) is 76.9 Å². The predicted octanol–water partition coefficient (Wildman–Crippen LogP) is 9.08. The monoisotopic (exact) mass is 564 g/mol. The van der Waals surface area contributed by atoms with Crippen molar-refractivity contribution in [3.63, 3.8) is 0 Å². The Balaban J connectivity index is 1.39. The van der Waals surface area contributed by atoms with Gasteiger partial charge in [-0.25, -0.2) is 8.78 Å². The molecule has 0 N–H and O–H groups in total. The van der Waals surface area contributed by atoms with Crippen molar-refractivity contribution in [2.75, 3.05) is 6.61 Å². The van der Waals surface area contributed by atoms with Gasteiger partial charge >= 0.3 is 6.11 Å². The SMILES string of the molecule is CCCc1ccc(C(F)(F)Oc2ccc3c(c2F)Oc2c(cc(C4CCC(CCC)OC4)c(F)c2F)C3)c(F)c1. The molecule has 0 bridgehead atoms. The molecular weight excluding hydrogens is 534 g/mol. The summed E-state index contributed by atoms with van der Waals surface area (Å²) in [5.74, 6) is -7.19. The highest BCUT2D eigenvalue weighted by Crippen LogP contribution is 2.46. The van der Waals surface area contributed by atoms with Gasteiger partial charge in [0.15, 0.2) is 23.1 Å². The molecule has 0 aliphatic carbocycles. The van der Waals surface area contributed by atoms with E-state index in [9.17, 15) is 13.2 Å². The molecule has 5 rings (SSSR count). The van der Waals surface area contributed by atoms with Crippen molar-refractivity contribution in [1.29, 1.82) is 0 Å². The average Bonchev–Trinajstić information content (AvgIpc) is 2.92. The summed E-state index contributed by atoms with van der Waals surface area (Å²) in [7, 11) is 0. The lowest BCUT2D eigenvalue weighted by Gasteiger charge is -2.30. The molecule has 40 heavy (non-hydrogen) atoms. The summed E-state index contributed by atoms with van der Waals surface area (Å²) in [6, 6.07) is 7.06. The summed E-state index contributed by atoms with van der Waals surface area (Å²) in [6.07, 6.45) is 0.349. The Morgan fingerprint density at radius 2 is 1.65 bits per heavy atom. The van der Waals surface area contributed by atoms with E-state index in [0.717, 1.165) is 37.5 Å². The molecule has 2 aliphatic rings. The first-order chi connectivity index (χ1) is 19.1. The molecule has 1 fully saturated rings. The van der Waals surface area contributed by atoms with Crippen LogP contribution in [0.1, 0.15) is 79.7 Å². The zero-order valence-electron chi connectivity index (χ0n) is 22.3. The minimum Gasteiger partial charge on any atom is -0.450 e. The largest absolute Gasteiger partial charge is 0.450 e. The van der Waals surface area contributed by atoms with Crippen LogP contribution in [-0.2, 0) is 23.7 Å². The molecule has 3 aromatic carbocycles. The van der Waals surface area contributed by atoms with Crippen molar-refractivity contribution in [3.8, 4) is 17.2 Å². The number of rotatable bonds is 8. The molecule has 0 saturated carbocycles. The third-order valence-electron chi connectivity index (χ3n) is 7.54. The normalized spacial score (nSPS) is 18.6. The van der Waals surface area contributed by atoms with Crippen LogP contribution in [-0.4, -0.2) is 12.7 Å². The van der Waals surface area contributed by atoms with Crippen LogP contribution in [0, 0.1) is 23.3 Å². The Kier molecular flexibility index (Phi) is 8.04. The van der Waals surface area contributed by atoms with Gasteiger partial charge in [-0.1, -0.05) is 38.8 Å². The van der Waals surface area contributed by atoms with Gasteiger partial charge in [0, 0.05) is 23.5 Å². The highest BCUT2D eigenvalue weighted by atomic mass is 19.3. The summed E-state index contributed by atoms with van der Waals surface area (Å²) in [6.45, 7) is 4.19. The second kappa shape index (κ2) is 11.4. The van der Waals surface area contributed by atoms with Gasteiger partial charge in [0.1, 0.15) is 5.82 Å². The minimum absolute atomic E-state index is 0.0119. The average molecular weight is 565 g/mol. The first-order valence-electron chi connectivity index (χ1n) is 13.6. The van der Waals surface area contributed by atoms with Gasteiger partial charge in [-0.2, -0.15) is 17.6 Å². The van der Waals surface area contributed by atoms with Crippen LogP contribution < -0.4 is 9.47 Å². The highest BCUT2D eigenvalue weighted by molar-refractivity contribution is 5.55. The Bertz CT molecular complexity index is 1400. The zero-order valence-corrected chi connectivity index (χ0v) is 22.3. The number of hydrogen-bond acceptors (Lipinski definition) is 3. The molecule has 0 spiro atoms. The number of hydrogen-bond donors (Lipinski definition) is 0. The summed E-state index contributed by atoms with van der Waals surface area (Å²) < 4.78 is 106. The zero-order chi connectivity index (χ0) is 28.6. The molecule has 0 aromatic heterocycles. The number of fused-ring (bicyclic) bond motifs is 2. The maximum absolute atomic E-state index is 15.4. The minimum atomic E-state index is -4.21. The van der Waals surface area contributed by atoms with Crippen molar-refractivity contribution in [2.24, 2.45) is 0 Å². The first-order valence-corrected chi connectivity index (χ1v) is 13.6. The lowest BCUT2D eigenvalue weighted by molar-refractivity contribution is -0.189. The standard InChI is InChI=1S/C31H30F6O3/c1-3-5-17-7-11-23(24(32)13-17)31(36,37)40-25-12-9-18-14-20-15-22(19-8-10-21(6-4-2)38-16-19)26(33)28(35)30(20)39-29(18)27(25)34/h7,9,11-13,15,19,21H,3-6,8,10,14,16H2,1-2H3. The molecule has 3 aromatic rings. The predicted molar refractivity (Wildman–Crippen MR) is 137 cm³/mol. The van der Waals surface area contributed by atoms with Crippen LogP contribution in [0.15, 0.2) is 36.4 Å². The van der Waals surface area contributed by atoms with E-state index in [1.54, 1.807) is 0 Å². The summed E-state index contributed by atoms with van der Waals surface area (Å²) in [5.41, 5.74) is 0.218. The molecule has 0 radical (unpaired) electrons. The lowest BCUT2D eigenvalue weighted by Crippen LogP contribution is -2.25. The summed E-state index contributed by atoms with van der Waals surface area (Å²) in [5, 5.41) is 0. The molecule has 214 valence electrons. The van der Waals surface area contributed by atoms with Gasteiger partial charge in [0.05, 0.1) is 18.3 Å². The summed E-state index contributed by atoms with van der Waals surface area (Å²) >= 11 is 0. The van der Waals surface area contributed by atoms with E-state index in [-0.39, 0.29) is 36.2 Å². The third-order valence-corrected chi connectivity index (χ3v) is 7.54. The van der Waals surface area contributed by atoms with Crippen molar-refractivity contribution >= 4 is 0 Å². The number of ether oxygens (including phenoxy) is 3. The topological polar surface area (TPSA) is 27.7 Å². The number of benzene rings is 3. The molecule has 1 saturated heterocycles. The van der Waals surface area contributed by atoms with E-state index in [4.69, 9.17) is 9.47 Å². The molecule has 2 aliphatic heterocycles. The van der Waals surface area contributed by atoms with Crippen LogP contribution in [0.4, 0.5) is 26.3 Å². The van der Waals surface area contributed by atoms with Crippen LogP contribution in [0.3, 0.4) is 0 Å². The van der Waals surface area contributed by atoms with Gasteiger partial charge in [-0.3, -0.25) is 0 Å². The second-order valence-electron chi connectivity index (χ2n) is 10.4. The fourth-order valence-electron chi connectivity index (χ4n) is 5.47. The Labute approximate surface area is 229 Å². The second-order valence-corrected chi connectivity index (χ2v) is 10.4. The number of alkyl halides is 2. The van der Waals surface area contributed by atoms with Crippen LogP contribution in [0.2, 0.25) is 0 Å². The molecule has 0 amide bonds. The van der Waals surface area contributed by atoms with E-state index < -0.39 is 52.2 Å². The van der Waals surface area contributed by atoms with Gasteiger partial charge in [0.25, 0.3) is 0 Å². The first kappa shape index (κ1) is 28.3. The van der Waals surface area contributed by atoms with E-state index in [1.807, 2.05) is 6.92 Å². The summed E-state index contributed by atoms with van der Waals surface area (Å²) in [4.78, 5) is 0. The van der Waals surface area contributed by atoms with Gasteiger partial charge in [-0.05, 0) is 61.1 Å². The van der Waals surface area contributed by atoms with E-state index in [1.165, 1.54) is 18.2 Å². The number of halogens is 6. The Hall–Kier alpha value is -3.20. The third kappa shape index (κ3) is 5.40. The Morgan fingerprint density at radius 3 is 2.33 bits per heavy atom. The van der Waals surface area contributed by atoms with Gasteiger partial charge in [-0.15, -0.1) is 0 Å². The van der Waals surface area contributed by atoms with E-state index >= 15 is 13.2 Å². The van der Waals surface area contributed by atoms with E-state index in [0.29, 0.717) is 30.4 Å². The van der Waals surface area contributed by atoms with E-state index in [2.05, 4.69) is 11.7 Å². The molecule has 2 heterocycles. The van der Waals surface area contributed by atoms with Gasteiger partial charge in [0.2, 0.25) is 11.6 Å². The molecule has 2 unspecified atom stereocenters. The van der Waals surface area contributed by atoms with Gasteiger partial charge < -0.3 is 14.2 Å². The quantitative estimate of drug-likeness (QED) is 0.200. The van der Waals surface area contributed by atoms with Crippen LogP contribution in [0.5, 0.6) is 17.2 Å². The highest BCUT2D eigenvalue weighted by Gasteiger charge is 2.40. The Morgan fingerprint density at radius 1 is 0.875 bits per heavy atom. The van der Waals surface area contributed by atoms with Crippen LogP contribution in [0.25, 0.3) is 0 Å². The fraction of sp³-hybridized carbons (Fsp3) is 0.419. The van der Waals surface area contributed by atoms with Crippen molar-refractivity contribution in [1.82, 2.24) is 0 Å². The maximum Gasteiger partial charge on any atom is 0.429 e. The molecule has 2 atom stereocenters. The van der Waals surface area contributed by atoms with Crippen molar-refractivity contribution < 1.29 is 40.6 Å². The van der Waals surface area contributed by atoms with Crippen LogP contribution >= 0.6 is 0 Å². The molecular formula is C31H30F6O3.